The van der Waals surface area contributed by atoms with Gasteiger partial charge in [-0.3, -0.25) is 4.79 Å². The summed E-state index contributed by atoms with van der Waals surface area (Å²) in [6.45, 7) is 5.15. The number of aromatic nitrogens is 5. The average molecular weight is 299 g/mol. The Kier molecular flexibility index (Phi) is 3.86. The third kappa shape index (κ3) is 2.45. The van der Waals surface area contributed by atoms with E-state index in [9.17, 15) is 4.79 Å². The molecule has 0 aliphatic rings. The van der Waals surface area contributed by atoms with Crippen LogP contribution in [-0.2, 0) is 6.54 Å². The van der Waals surface area contributed by atoms with E-state index in [0.717, 1.165) is 12.0 Å². The summed E-state index contributed by atoms with van der Waals surface area (Å²) in [5.41, 5.74) is 1.19. The second-order valence-corrected chi connectivity index (χ2v) is 4.83. The number of aromatic amines is 1. The van der Waals surface area contributed by atoms with Gasteiger partial charge in [0.1, 0.15) is 11.6 Å². The maximum atomic E-state index is 12.2. The molecule has 114 valence electrons. The number of ether oxygens (including phenoxy) is 1. The topological polar surface area (TPSA) is 85.7 Å². The van der Waals surface area contributed by atoms with Crippen molar-refractivity contribution in [2.75, 3.05) is 6.61 Å². The number of hydrogen-bond acceptors (Lipinski definition) is 5. The van der Waals surface area contributed by atoms with Crippen molar-refractivity contribution in [1.29, 1.82) is 0 Å². The molecule has 0 saturated carbocycles. The van der Waals surface area contributed by atoms with E-state index in [0.29, 0.717) is 30.4 Å². The van der Waals surface area contributed by atoms with E-state index in [2.05, 4.69) is 20.3 Å². The molecule has 0 amide bonds. The van der Waals surface area contributed by atoms with Gasteiger partial charge in [0, 0.05) is 6.54 Å². The van der Waals surface area contributed by atoms with Crippen molar-refractivity contribution in [3.05, 3.63) is 34.6 Å². The maximum absolute atomic E-state index is 12.2. The van der Waals surface area contributed by atoms with Gasteiger partial charge >= 0.3 is 0 Å². The van der Waals surface area contributed by atoms with Crippen molar-refractivity contribution in [3.8, 4) is 17.1 Å². The molecular formula is C15H17N5O2. The molecule has 3 rings (SSSR count). The average Bonchev–Trinajstić information content (AvgIpc) is 2.92. The Morgan fingerprint density at radius 1 is 1.27 bits per heavy atom. The van der Waals surface area contributed by atoms with Crippen LogP contribution < -0.4 is 10.3 Å². The number of hydrogen-bond donors (Lipinski definition) is 1. The second-order valence-electron chi connectivity index (χ2n) is 4.83. The van der Waals surface area contributed by atoms with E-state index in [1.165, 1.54) is 0 Å². The molecule has 0 aliphatic carbocycles. The lowest BCUT2D eigenvalue weighted by atomic mass is 10.2. The van der Waals surface area contributed by atoms with E-state index in [-0.39, 0.29) is 11.1 Å². The highest BCUT2D eigenvalue weighted by Crippen LogP contribution is 2.27. The first kappa shape index (κ1) is 14.2. The fourth-order valence-electron chi connectivity index (χ4n) is 2.30. The predicted octanol–water partition coefficient (Wildman–Crippen LogP) is 1.99. The molecule has 0 fully saturated rings. The molecule has 0 spiro atoms. The summed E-state index contributed by atoms with van der Waals surface area (Å²) < 4.78 is 7.25. The predicted molar refractivity (Wildman–Crippen MR) is 82.8 cm³/mol. The van der Waals surface area contributed by atoms with Crippen LogP contribution in [0.3, 0.4) is 0 Å². The number of fused-ring (bicyclic) bond motifs is 1. The van der Waals surface area contributed by atoms with Gasteiger partial charge in [-0.1, -0.05) is 24.3 Å². The van der Waals surface area contributed by atoms with Crippen LogP contribution in [0.15, 0.2) is 29.1 Å². The molecule has 22 heavy (non-hydrogen) atoms. The van der Waals surface area contributed by atoms with Crippen LogP contribution in [0.1, 0.15) is 20.3 Å². The number of rotatable bonds is 5. The molecular weight excluding hydrogens is 282 g/mol. The first-order valence-corrected chi connectivity index (χ1v) is 7.30. The van der Waals surface area contributed by atoms with Crippen molar-refractivity contribution in [2.24, 2.45) is 0 Å². The molecule has 0 unspecified atom stereocenters. The minimum Gasteiger partial charge on any atom is -0.493 e. The molecule has 0 atom stereocenters. The highest BCUT2D eigenvalue weighted by Gasteiger charge is 2.14. The van der Waals surface area contributed by atoms with Gasteiger partial charge in [-0.05, 0) is 25.5 Å². The molecule has 7 heteroatoms. The molecule has 0 saturated heterocycles. The molecule has 1 aromatic carbocycles. The van der Waals surface area contributed by atoms with Crippen LogP contribution >= 0.6 is 0 Å². The van der Waals surface area contributed by atoms with Gasteiger partial charge in [-0.25, -0.2) is 9.67 Å². The normalized spacial score (nSPS) is 11.0. The first-order chi connectivity index (χ1) is 10.7. The SMILES string of the molecule is CCCn1nnc2c(=O)[nH]c(-c3ccccc3OCC)nc21. The zero-order valence-electron chi connectivity index (χ0n) is 12.5. The van der Waals surface area contributed by atoms with Crippen molar-refractivity contribution in [3.63, 3.8) is 0 Å². The van der Waals surface area contributed by atoms with Gasteiger partial charge in [-0.2, -0.15) is 0 Å². The summed E-state index contributed by atoms with van der Waals surface area (Å²) in [6, 6.07) is 7.48. The Bertz CT molecular complexity index is 853. The first-order valence-electron chi connectivity index (χ1n) is 7.30. The van der Waals surface area contributed by atoms with Gasteiger partial charge in [0.05, 0.1) is 12.2 Å². The Morgan fingerprint density at radius 3 is 2.86 bits per heavy atom. The summed E-state index contributed by atoms with van der Waals surface area (Å²) in [4.78, 5) is 19.5. The van der Waals surface area contributed by atoms with E-state index in [1.54, 1.807) is 4.68 Å². The zero-order valence-corrected chi connectivity index (χ0v) is 12.5. The third-order valence-electron chi connectivity index (χ3n) is 3.25. The summed E-state index contributed by atoms with van der Waals surface area (Å²) >= 11 is 0. The number of para-hydroxylation sites is 1. The van der Waals surface area contributed by atoms with Crippen molar-refractivity contribution >= 4 is 11.2 Å². The van der Waals surface area contributed by atoms with Gasteiger partial charge in [0.25, 0.3) is 5.56 Å². The Labute approximate surface area is 127 Å². The van der Waals surface area contributed by atoms with Gasteiger partial charge < -0.3 is 9.72 Å². The molecule has 1 N–H and O–H groups in total. The minimum absolute atomic E-state index is 0.256. The summed E-state index contributed by atoms with van der Waals surface area (Å²) in [5.74, 6) is 1.14. The quantitative estimate of drug-likeness (QED) is 0.778. The number of nitrogens with zero attached hydrogens (tertiary/aromatic N) is 4. The van der Waals surface area contributed by atoms with Crippen LogP contribution in [0.2, 0.25) is 0 Å². The van der Waals surface area contributed by atoms with E-state index in [1.807, 2.05) is 38.1 Å². The van der Waals surface area contributed by atoms with E-state index in [4.69, 9.17) is 4.74 Å². The lowest BCUT2D eigenvalue weighted by molar-refractivity contribution is 0.341. The van der Waals surface area contributed by atoms with Crippen molar-refractivity contribution in [2.45, 2.75) is 26.8 Å². The number of H-pyrrole nitrogens is 1. The second kappa shape index (κ2) is 5.97. The number of benzene rings is 1. The van der Waals surface area contributed by atoms with E-state index >= 15 is 0 Å². The summed E-state index contributed by atoms with van der Waals surface area (Å²) in [5, 5.41) is 7.90. The molecule has 0 bridgehead atoms. The third-order valence-corrected chi connectivity index (χ3v) is 3.25. The monoisotopic (exact) mass is 299 g/mol. The van der Waals surface area contributed by atoms with Crippen molar-refractivity contribution < 1.29 is 4.74 Å². The fraction of sp³-hybridized carbons (Fsp3) is 0.333. The Morgan fingerprint density at radius 2 is 2.09 bits per heavy atom. The minimum atomic E-state index is -0.298. The van der Waals surface area contributed by atoms with Gasteiger partial charge in [0.15, 0.2) is 11.2 Å². The lowest BCUT2D eigenvalue weighted by Crippen LogP contribution is -2.11. The molecule has 2 heterocycles. The van der Waals surface area contributed by atoms with Crippen LogP contribution in [0, 0.1) is 0 Å². The number of nitrogens with one attached hydrogen (secondary N) is 1. The van der Waals surface area contributed by atoms with Crippen LogP contribution in [-0.4, -0.2) is 31.6 Å². The lowest BCUT2D eigenvalue weighted by Gasteiger charge is -2.09. The van der Waals surface area contributed by atoms with Gasteiger partial charge in [0.2, 0.25) is 0 Å². The van der Waals surface area contributed by atoms with Crippen molar-refractivity contribution in [1.82, 2.24) is 25.0 Å². The number of aryl methyl sites for hydroxylation is 1. The van der Waals surface area contributed by atoms with E-state index < -0.39 is 0 Å². The Balaban J connectivity index is 2.19. The Hall–Kier alpha value is -2.70. The fourth-order valence-corrected chi connectivity index (χ4v) is 2.30. The largest absolute Gasteiger partial charge is 0.493 e. The molecule has 2 aromatic heterocycles. The molecule has 0 radical (unpaired) electrons. The highest BCUT2D eigenvalue weighted by atomic mass is 16.5. The maximum Gasteiger partial charge on any atom is 0.281 e. The van der Waals surface area contributed by atoms with Crippen LogP contribution in [0.4, 0.5) is 0 Å². The molecule has 7 nitrogen and oxygen atoms in total. The van der Waals surface area contributed by atoms with Gasteiger partial charge in [-0.15, -0.1) is 5.10 Å². The highest BCUT2D eigenvalue weighted by molar-refractivity contribution is 5.73. The molecule has 0 aliphatic heterocycles. The smallest absolute Gasteiger partial charge is 0.281 e. The van der Waals surface area contributed by atoms with Crippen LogP contribution in [0.5, 0.6) is 5.75 Å². The zero-order chi connectivity index (χ0) is 15.5. The van der Waals surface area contributed by atoms with Crippen LogP contribution in [0.25, 0.3) is 22.6 Å². The summed E-state index contributed by atoms with van der Waals surface area (Å²) in [7, 11) is 0. The summed E-state index contributed by atoms with van der Waals surface area (Å²) in [6.07, 6.45) is 0.887. The molecule has 3 aromatic rings. The standard InChI is InChI=1S/C15H17N5O2/c1-3-9-20-14-12(18-19-20)15(21)17-13(16-14)10-7-5-6-8-11(10)22-4-2/h5-8H,3-4,9H2,1-2H3,(H,16,17,21).